The van der Waals surface area contributed by atoms with Crippen LogP contribution in [0.2, 0.25) is 0 Å². The molecule has 0 saturated heterocycles. The summed E-state index contributed by atoms with van der Waals surface area (Å²) in [7, 11) is 0. The first-order valence-electron chi connectivity index (χ1n) is 20.3. The second kappa shape index (κ2) is 39.9. The summed E-state index contributed by atoms with van der Waals surface area (Å²) in [5, 5.41) is 18.1. The van der Waals surface area contributed by atoms with Gasteiger partial charge in [0.1, 0.15) is 0 Å². The number of hydrogen-bond acceptors (Lipinski definition) is 3. The lowest BCUT2D eigenvalue weighted by molar-refractivity contribution is 0.159. The van der Waals surface area contributed by atoms with Gasteiger partial charge in [-0.05, 0) is 13.0 Å². The highest BCUT2D eigenvalue weighted by atomic mass is 16.3. The Labute approximate surface area is 272 Å². The predicted octanol–water partition coefficient (Wildman–Crippen LogP) is 12.6. The first-order chi connectivity index (χ1) is 21.3. The summed E-state index contributed by atoms with van der Waals surface area (Å²) in [5.74, 6) is 0. The number of nitrogens with zero attached hydrogens (tertiary/aromatic N) is 1. The van der Waals surface area contributed by atoms with Gasteiger partial charge in [-0.25, -0.2) is 0 Å². The molecule has 0 radical (unpaired) electrons. The normalized spacial score (nSPS) is 11.7. The first-order valence-corrected chi connectivity index (χ1v) is 20.3. The molecule has 3 heteroatoms. The monoisotopic (exact) mass is 610 g/mol. The van der Waals surface area contributed by atoms with E-state index in [1.807, 2.05) is 0 Å². The lowest BCUT2D eigenvalue weighted by Crippen LogP contribution is -2.30. The molecule has 43 heavy (non-hydrogen) atoms. The maximum absolute atomic E-state index is 9.06. The summed E-state index contributed by atoms with van der Waals surface area (Å²) in [6, 6.07) is 0. The van der Waals surface area contributed by atoms with Crippen LogP contribution in [0.3, 0.4) is 0 Å². The molecule has 0 unspecified atom stereocenters. The predicted molar refractivity (Wildman–Crippen MR) is 193 cm³/mol. The smallest absolute Gasteiger partial charge is 0.0558 e. The van der Waals surface area contributed by atoms with E-state index in [1.54, 1.807) is 0 Å². The summed E-state index contributed by atoms with van der Waals surface area (Å²) >= 11 is 0. The minimum atomic E-state index is 0.194. The quantitative estimate of drug-likeness (QED) is 0.0681. The molecule has 0 spiro atoms. The van der Waals surface area contributed by atoms with E-state index in [0.717, 1.165) is 6.54 Å². The third-order valence-corrected chi connectivity index (χ3v) is 9.66. The highest BCUT2D eigenvalue weighted by molar-refractivity contribution is 4.57. The topological polar surface area (TPSA) is 43.7 Å². The van der Waals surface area contributed by atoms with Crippen molar-refractivity contribution in [3.8, 4) is 0 Å². The third-order valence-electron chi connectivity index (χ3n) is 9.66. The van der Waals surface area contributed by atoms with E-state index >= 15 is 0 Å². The maximum Gasteiger partial charge on any atom is 0.0558 e. The molecule has 2 N–H and O–H groups in total. The Bertz CT molecular complexity index is 465. The van der Waals surface area contributed by atoms with Crippen LogP contribution < -0.4 is 0 Å². The highest BCUT2D eigenvalue weighted by Gasteiger charge is 2.03. The number of unbranched alkanes of at least 4 members (excludes halogenated alkanes) is 33. The molecule has 0 heterocycles. The standard InChI is InChI=1S/C40H83NO2/c1-2-3-4-5-6-7-8-9-10-11-12-13-14-15-16-17-18-19-20-21-22-23-24-25-26-27-28-29-30-31-32-33-34-35-36-41(37-39-42)38-40-43/h42-43H,2-40H2,1H3. The van der Waals surface area contributed by atoms with Crippen LogP contribution in [-0.2, 0) is 0 Å². The van der Waals surface area contributed by atoms with E-state index in [1.165, 1.54) is 218 Å². The summed E-state index contributed by atoms with van der Waals surface area (Å²) < 4.78 is 0. The molecular weight excluding hydrogens is 526 g/mol. The summed E-state index contributed by atoms with van der Waals surface area (Å²) in [4.78, 5) is 2.17. The Morgan fingerprint density at radius 3 is 0.628 bits per heavy atom. The summed E-state index contributed by atoms with van der Waals surface area (Å²) in [6.45, 7) is 5.10. The van der Waals surface area contributed by atoms with Gasteiger partial charge in [-0.15, -0.1) is 0 Å². The van der Waals surface area contributed by atoms with Crippen LogP contribution in [0.4, 0.5) is 0 Å². The fourth-order valence-corrected chi connectivity index (χ4v) is 6.68. The molecule has 0 aliphatic heterocycles. The first kappa shape index (κ1) is 42.9. The third kappa shape index (κ3) is 38.0. The zero-order valence-corrected chi connectivity index (χ0v) is 29.9. The minimum absolute atomic E-state index is 0.194. The van der Waals surface area contributed by atoms with Crippen molar-refractivity contribution in [2.75, 3.05) is 32.8 Å². The number of aliphatic hydroxyl groups excluding tert-OH is 2. The fourth-order valence-electron chi connectivity index (χ4n) is 6.68. The van der Waals surface area contributed by atoms with Crippen molar-refractivity contribution in [3.05, 3.63) is 0 Å². The molecule has 0 aromatic carbocycles. The second-order valence-electron chi connectivity index (χ2n) is 14.0. The average Bonchev–Trinajstić information content (AvgIpc) is 3.01. The van der Waals surface area contributed by atoms with E-state index in [2.05, 4.69) is 11.8 Å². The van der Waals surface area contributed by atoms with E-state index in [-0.39, 0.29) is 13.2 Å². The Balaban J connectivity index is 3.09. The molecule has 0 atom stereocenters. The molecule has 0 rings (SSSR count). The Kier molecular flexibility index (Phi) is 39.8. The Morgan fingerprint density at radius 1 is 0.256 bits per heavy atom. The second-order valence-corrected chi connectivity index (χ2v) is 14.0. The molecule has 260 valence electrons. The Hall–Kier alpha value is -0.120. The molecule has 0 aliphatic carbocycles. The number of rotatable bonds is 39. The van der Waals surface area contributed by atoms with Crippen LogP contribution in [0.15, 0.2) is 0 Å². The molecule has 0 saturated carbocycles. The summed E-state index contributed by atoms with van der Waals surface area (Å²) in [6.07, 6.45) is 49.1. The van der Waals surface area contributed by atoms with Gasteiger partial charge in [-0.2, -0.15) is 0 Å². The van der Waals surface area contributed by atoms with Gasteiger partial charge in [0.2, 0.25) is 0 Å². The van der Waals surface area contributed by atoms with Crippen molar-refractivity contribution < 1.29 is 10.2 Å². The van der Waals surface area contributed by atoms with Crippen molar-refractivity contribution in [1.29, 1.82) is 0 Å². The van der Waals surface area contributed by atoms with Crippen molar-refractivity contribution in [3.63, 3.8) is 0 Å². The van der Waals surface area contributed by atoms with Gasteiger partial charge >= 0.3 is 0 Å². The van der Waals surface area contributed by atoms with Gasteiger partial charge in [0.05, 0.1) is 13.2 Å². The van der Waals surface area contributed by atoms with Gasteiger partial charge in [0, 0.05) is 13.1 Å². The number of hydrogen-bond donors (Lipinski definition) is 2. The molecule has 0 aliphatic rings. The zero-order chi connectivity index (χ0) is 31.2. The van der Waals surface area contributed by atoms with E-state index in [9.17, 15) is 0 Å². The van der Waals surface area contributed by atoms with Crippen LogP contribution in [0, 0.1) is 0 Å². The van der Waals surface area contributed by atoms with Crippen LogP contribution >= 0.6 is 0 Å². The Morgan fingerprint density at radius 2 is 0.442 bits per heavy atom. The number of aliphatic hydroxyl groups is 2. The minimum Gasteiger partial charge on any atom is -0.395 e. The largest absolute Gasteiger partial charge is 0.395 e. The van der Waals surface area contributed by atoms with Crippen LogP contribution in [0.5, 0.6) is 0 Å². The lowest BCUT2D eigenvalue weighted by atomic mass is 10.0. The highest BCUT2D eigenvalue weighted by Crippen LogP contribution is 2.17. The molecular formula is C40H83NO2. The van der Waals surface area contributed by atoms with Gasteiger partial charge < -0.3 is 10.2 Å². The van der Waals surface area contributed by atoms with Crippen molar-refractivity contribution in [2.24, 2.45) is 0 Å². The molecule has 0 bridgehead atoms. The lowest BCUT2D eigenvalue weighted by Gasteiger charge is -2.19. The van der Waals surface area contributed by atoms with E-state index in [0.29, 0.717) is 13.1 Å². The zero-order valence-electron chi connectivity index (χ0n) is 29.9. The molecule has 0 aromatic rings. The maximum atomic E-state index is 9.06. The van der Waals surface area contributed by atoms with Gasteiger partial charge in [0.15, 0.2) is 0 Å². The fraction of sp³-hybridized carbons (Fsp3) is 1.00. The van der Waals surface area contributed by atoms with Crippen molar-refractivity contribution in [2.45, 2.75) is 225 Å². The van der Waals surface area contributed by atoms with E-state index < -0.39 is 0 Å². The molecule has 0 aromatic heterocycles. The van der Waals surface area contributed by atoms with Crippen molar-refractivity contribution >= 4 is 0 Å². The van der Waals surface area contributed by atoms with Crippen molar-refractivity contribution in [1.82, 2.24) is 4.90 Å². The van der Waals surface area contributed by atoms with Gasteiger partial charge in [-0.3, -0.25) is 4.90 Å². The van der Waals surface area contributed by atoms with Gasteiger partial charge in [0.25, 0.3) is 0 Å². The SMILES string of the molecule is CCCCCCCCCCCCCCCCCCCCCCCCCCCCCCCCCCCCN(CCO)CCO. The molecule has 0 fully saturated rings. The van der Waals surface area contributed by atoms with E-state index in [4.69, 9.17) is 10.2 Å². The molecule has 3 nitrogen and oxygen atoms in total. The summed E-state index contributed by atoms with van der Waals surface area (Å²) in [5.41, 5.74) is 0. The van der Waals surface area contributed by atoms with Gasteiger partial charge in [-0.1, -0.05) is 219 Å². The van der Waals surface area contributed by atoms with Crippen LogP contribution in [-0.4, -0.2) is 48.0 Å². The van der Waals surface area contributed by atoms with Crippen LogP contribution in [0.1, 0.15) is 225 Å². The molecule has 0 amide bonds. The average molecular weight is 610 g/mol. The van der Waals surface area contributed by atoms with Crippen LogP contribution in [0.25, 0.3) is 0 Å².